The van der Waals surface area contributed by atoms with E-state index in [1.165, 1.54) is 5.56 Å². The third-order valence-corrected chi connectivity index (χ3v) is 4.39. The third-order valence-electron chi connectivity index (χ3n) is 4.39. The van der Waals surface area contributed by atoms with Crippen LogP contribution in [0.5, 0.6) is 0 Å². The minimum atomic E-state index is -0.321. The van der Waals surface area contributed by atoms with Gasteiger partial charge in [0.15, 0.2) is 0 Å². The Kier molecular flexibility index (Phi) is 6.79. The van der Waals surface area contributed by atoms with Crippen molar-refractivity contribution in [3.8, 4) is 0 Å². The van der Waals surface area contributed by atoms with Crippen molar-refractivity contribution >= 4 is 23.4 Å². The Morgan fingerprint density at radius 1 is 1.03 bits per heavy atom. The van der Waals surface area contributed by atoms with Crippen molar-refractivity contribution in [1.82, 2.24) is 9.97 Å². The Bertz CT molecular complexity index is 943. The van der Waals surface area contributed by atoms with Crippen LogP contribution >= 0.6 is 0 Å². The molecule has 0 spiro atoms. The van der Waals surface area contributed by atoms with Gasteiger partial charge in [-0.25, -0.2) is 9.78 Å². The molecule has 6 heteroatoms. The van der Waals surface area contributed by atoms with E-state index < -0.39 is 0 Å². The molecule has 0 bridgehead atoms. The summed E-state index contributed by atoms with van der Waals surface area (Å²) < 4.78 is 5.02. The Labute approximate surface area is 171 Å². The summed E-state index contributed by atoms with van der Waals surface area (Å²) in [4.78, 5) is 23.2. The summed E-state index contributed by atoms with van der Waals surface area (Å²) in [5.74, 6) is 1.07. The lowest BCUT2D eigenvalue weighted by molar-refractivity contribution is 0.0526. The van der Waals surface area contributed by atoms with Gasteiger partial charge in [-0.3, -0.25) is 0 Å². The lowest BCUT2D eigenvalue weighted by atomic mass is 10.2. The number of aromatic nitrogens is 2. The number of rotatable bonds is 8. The number of carbonyl (C=O) groups is 1. The predicted octanol–water partition coefficient (Wildman–Crippen LogP) is 4.73. The Morgan fingerprint density at radius 3 is 2.41 bits per heavy atom. The summed E-state index contributed by atoms with van der Waals surface area (Å²) in [5.41, 5.74) is 3.46. The molecule has 0 fully saturated rings. The summed E-state index contributed by atoms with van der Waals surface area (Å²) in [5, 5.41) is 3.30. The molecule has 1 N–H and O–H groups in total. The normalized spacial score (nSPS) is 10.4. The van der Waals surface area contributed by atoms with Crippen molar-refractivity contribution in [3.63, 3.8) is 0 Å². The van der Waals surface area contributed by atoms with Crippen molar-refractivity contribution in [2.45, 2.75) is 27.3 Å². The maximum Gasteiger partial charge on any atom is 0.338 e. The molecule has 1 heterocycles. The Morgan fingerprint density at radius 2 is 1.76 bits per heavy atom. The number of nitrogens with zero attached hydrogens (tertiary/aromatic N) is 3. The van der Waals surface area contributed by atoms with E-state index in [4.69, 9.17) is 9.72 Å². The van der Waals surface area contributed by atoms with Gasteiger partial charge < -0.3 is 15.0 Å². The van der Waals surface area contributed by atoms with Crippen LogP contribution in [0.15, 0.2) is 60.7 Å². The molecular formula is C23H26N4O2. The van der Waals surface area contributed by atoms with Crippen LogP contribution < -0.4 is 10.2 Å². The van der Waals surface area contributed by atoms with Crippen molar-refractivity contribution in [2.75, 3.05) is 23.4 Å². The van der Waals surface area contributed by atoms with Crippen molar-refractivity contribution in [3.05, 3.63) is 77.5 Å². The zero-order chi connectivity index (χ0) is 20.6. The van der Waals surface area contributed by atoms with Crippen LogP contribution in [0.4, 0.5) is 17.5 Å². The summed E-state index contributed by atoms with van der Waals surface area (Å²) >= 11 is 0. The number of benzene rings is 2. The zero-order valence-corrected chi connectivity index (χ0v) is 17.1. The second-order valence-electron chi connectivity index (χ2n) is 6.62. The predicted molar refractivity (Wildman–Crippen MR) is 116 cm³/mol. The summed E-state index contributed by atoms with van der Waals surface area (Å²) in [7, 11) is 0. The molecule has 0 unspecified atom stereocenters. The van der Waals surface area contributed by atoms with Gasteiger partial charge in [0.2, 0.25) is 5.95 Å². The first-order chi connectivity index (χ1) is 14.1. The summed E-state index contributed by atoms with van der Waals surface area (Å²) in [6.07, 6.45) is 0. The monoisotopic (exact) mass is 390 g/mol. The van der Waals surface area contributed by atoms with Crippen LogP contribution in [0.25, 0.3) is 0 Å². The van der Waals surface area contributed by atoms with Crippen LogP contribution in [-0.4, -0.2) is 29.1 Å². The zero-order valence-electron chi connectivity index (χ0n) is 17.1. The average Bonchev–Trinajstić information content (AvgIpc) is 2.73. The Balaban J connectivity index is 1.77. The first kappa shape index (κ1) is 20.3. The highest BCUT2D eigenvalue weighted by molar-refractivity contribution is 5.89. The van der Waals surface area contributed by atoms with Crippen molar-refractivity contribution in [1.29, 1.82) is 0 Å². The topological polar surface area (TPSA) is 67.3 Å². The van der Waals surface area contributed by atoms with Crippen LogP contribution in [0.2, 0.25) is 0 Å². The van der Waals surface area contributed by atoms with Gasteiger partial charge in [-0.1, -0.05) is 30.3 Å². The van der Waals surface area contributed by atoms with E-state index >= 15 is 0 Å². The van der Waals surface area contributed by atoms with E-state index in [9.17, 15) is 4.79 Å². The van der Waals surface area contributed by atoms with Gasteiger partial charge in [0, 0.05) is 30.5 Å². The minimum Gasteiger partial charge on any atom is -0.462 e. The molecule has 29 heavy (non-hydrogen) atoms. The van der Waals surface area contributed by atoms with Crippen LogP contribution in [0.1, 0.15) is 35.5 Å². The molecule has 1 aromatic heterocycles. The fraction of sp³-hybridized carbons (Fsp3) is 0.261. The first-order valence-corrected chi connectivity index (χ1v) is 9.77. The highest BCUT2D eigenvalue weighted by atomic mass is 16.5. The quantitative estimate of drug-likeness (QED) is 0.561. The fourth-order valence-corrected chi connectivity index (χ4v) is 2.94. The van der Waals surface area contributed by atoms with Crippen molar-refractivity contribution < 1.29 is 9.53 Å². The van der Waals surface area contributed by atoms with Gasteiger partial charge in [0.25, 0.3) is 0 Å². The number of hydrogen-bond acceptors (Lipinski definition) is 6. The molecule has 0 saturated heterocycles. The van der Waals surface area contributed by atoms with E-state index in [0.29, 0.717) is 23.9 Å². The molecule has 0 aliphatic rings. The number of ether oxygens (including phenoxy) is 1. The number of carbonyl (C=O) groups excluding carboxylic acids is 1. The smallest absolute Gasteiger partial charge is 0.338 e. The van der Waals surface area contributed by atoms with E-state index in [-0.39, 0.29) is 5.97 Å². The van der Waals surface area contributed by atoms with E-state index in [2.05, 4.69) is 34.3 Å². The van der Waals surface area contributed by atoms with Gasteiger partial charge in [-0.05, 0) is 50.6 Å². The highest BCUT2D eigenvalue weighted by Gasteiger charge is 2.11. The molecule has 0 atom stereocenters. The molecule has 0 saturated carbocycles. The summed E-state index contributed by atoms with van der Waals surface area (Å²) in [6.45, 7) is 7.74. The maximum absolute atomic E-state index is 11.8. The maximum atomic E-state index is 11.8. The molecule has 0 radical (unpaired) electrons. The molecule has 0 aliphatic carbocycles. The number of nitrogens with one attached hydrogen (secondary N) is 1. The van der Waals surface area contributed by atoms with Gasteiger partial charge in [0.05, 0.1) is 12.2 Å². The Hall–Kier alpha value is -3.41. The second kappa shape index (κ2) is 9.68. The SMILES string of the molecule is CCOC(=O)c1ccc(Nc2cc(C)nc(N(CC)Cc3ccccc3)n2)cc1. The lowest BCUT2D eigenvalue weighted by Crippen LogP contribution is -2.24. The lowest BCUT2D eigenvalue weighted by Gasteiger charge is -2.22. The van der Waals surface area contributed by atoms with Gasteiger partial charge in [-0.2, -0.15) is 4.98 Å². The van der Waals surface area contributed by atoms with Crippen LogP contribution in [0.3, 0.4) is 0 Å². The van der Waals surface area contributed by atoms with E-state index in [1.54, 1.807) is 19.1 Å². The van der Waals surface area contributed by atoms with Gasteiger partial charge >= 0.3 is 5.97 Å². The molecule has 150 valence electrons. The molecule has 3 rings (SSSR count). The number of esters is 1. The second-order valence-corrected chi connectivity index (χ2v) is 6.62. The largest absolute Gasteiger partial charge is 0.462 e. The molecule has 0 amide bonds. The van der Waals surface area contributed by atoms with Crippen LogP contribution in [0, 0.1) is 6.92 Å². The number of aryl methyl sites for hydroxylation is 1. The number of hydrogen-bond donors (Lipinski definition) is 1. The van der Waals surface area contributed by atoms with Crippen LogP contribution in [-0.2, 0) is 11.3 Å². The molecular weight excluding hydrogens is 364 g/mol. The fourth-order valence-electron chi connectivity index (χ4n) is 2.94. The minimum absolute atomic E-state index is 0.321. The highest BCUT2D eigenvalue weighted by Crippen LogP contribution is 2.20. The van der Waals surface area contributed by atoms with Gasteiger partial charge in [0.1, 0.15) is 5.82 Å². The standard InChI is InChI=1S/C23H26N4O2/c1-4-27(16-18-9-7-6-8-10-18)23-24-17(3)15-21(26-23)25-20-13-11-19(12-14-20)22(28)29-5-2/h6-15H,4-5,16H2,1-3H3,(H,24,25,26). The average molecular weight is 390 g/mol. The molecule has 2 aromatic carbocycles. The number of anilines is 3. The van der Waals surface area contributed by atoms with Gasteiger partial charge in [-0.15, -0.1) is 0 Å². The van der Waals surface area contributed by atoms with Crippen molar-refractivity contribution in [2.24, 2.45) is 0 Å². The van der Waals surface area contributed by atoms with E-state index in [0.717, 1.165) is 24.5 Å². The molecule has 6 nitrogen and oxygen atoms in total. The van der Waals surface area contributed by atoms with E-state index in [1.807, 2.05) is 43.3 Å². The molecule has 0 aliphatic heterocycles. The first-order valence-electron chi connectivity index (χ1n) is 9.77. The third kappa shape index (κ3) is 5.54. The molecule has 3 aromatic rings. The summed E-state index contributed by atoms with van der Waals surface area (Å²) in [6, 6.07) is 19.3.